The van der Waals surface area contributed by atoms with Gasteiger partial charge < -0.3 is 14.8 Å². The number of halogens is 1. The number of rotatable bonds is 7. The Morgan fingerprint density at radius 3 is 2.95 bits per heavy atom. The fourth-order valence-corrected chi connectivity index (χ4v) is 1.98. The number of carbonyl (C=O) groups excluding carboxylic acids is 1. The summed E-state index contributed by atoms with van der Waals surface area (Å²) < 4.78 is 10.2. The second kappa shape index (κ2) is 6.78. The molecule has 0 amide bonds. The fourth-order valence-electron chi connectivity index (χ4n) is 1.73. The molecule has 0 spiro atoms. The first-order valence-electron chi connectivity index (χ1n) is 6.41. The number of para-hydroxylation sites is 1. The van der Waals surface area contributed by atoms with Crippen LogP contribution in [0.1, 0.15) is 24.8 Å². The van der Waals surface area contributed by atoms with Gasteiger partial charge in [0.2, 0.25) is 0 Å². The van der Waals surface area contributed by atoms with Crippen LogP contribution in [0.5, 0.6) is 5.75 Å². The van der Waals surface area contributed by atoms with E-state index in [-0.39, 0.29) is 19.0 Å². The number of carbonyl (C=O) groups is 1. The molecule has 2 rings (SSSR count). The van der Waals surface area contributed by atoms with Crippen LogP contribution in [0.15, 0.2) is 18.2 Å². The van der Waals surface area contributed by atoms with Gasteiger partial charge in [-0.2, -0.15) is 0 Å². The number of ether oxygens (including phenoxy) is 2. The number of hydrogen-bond donors (Lipinski definition) is 1. The van der Waals surface area contributed by atoms with Crippen molar-refractivity contribution in [2.75, 3.05) is 13.7 Å². The summed E-state index contributed by atoms with van der Waals surface area (Å²) in [4.78, 5) is 11.0. The zero-order chi connectivity index (χ0) is 13.7. The smallest absolute Gasteiger partial charge is 0.308 e. The van der Waals surface area contributed by atoms with Crippen molar-refractivity contribution in [1.29, 1.82) is 0 Å². The molecule has 0 radical (unpaired) electrons. The molecule has 1 aromatic rings. The summed E-state index contributed by atoms with van der Waals surface area (Å²) in [5.74, 6) is 0.367. The summed E-state index contributed by atoms with van der Waals surface area (Å²) in [5.41, 5.74) is 1.02. The standard InChI is InChI=1S/C14H18ClNO3/c1-18-13(17)7-8-19-14-10(3-2-4-12(14)15)9-16-11-5-6-11/h2-4,11,16H,5-9H2,1H3. The van der Waals surface area contributed by atoms with Gasteiger partial charge >= 0.3 is 5.97 Å². The second-order valence-corrected chi connectivity index (χ2v) is 4.97. The predicted molar refractivity (Wildman–Crippen MR) is 73.4 cm³/mol. The Morgan fingerprint density at radius 2 is 2.26 bits per heavy atom. The average Bonchev–Trinajstić information content (AvgIpc) is 3.22. The lowest BCUT2D eigenvalue weighted by Crippen LogP contribution is -2.16. The average molecular weight is 284 g/mol. The lowest BCUT2D eigenvalue weighted by molar-refractivity contribution is -0.141. The summed E-state index contributed by atoms with van der Waals surface area (Å²) in [6.07, 6.45) is 2.69. The molecule has 0 saturated heterocycles. The van der Waals surface area contributed by atoms with Crippen LogP contribution in [0.3, 0.4) is 0 Å². The third-order valence-electron chi connectivity index (χ3n) is 2.99. The number of nitrogens with one attached hydrogen (secondary N) is 1. The molecule has 19 heavy (non-hydrogen) atoms. The predicted octanol–water partition coefficient (Wildman–Crippen LogP) is 2.53. The first kappa shape index (κ1) is 14.2. The molecule has 1 aliphatic carbocycles. The van der Waals surface area contributed by atoms with E-state index in [4.69, 9.17) is 16.3 Å². The molecule has 0 heterocycles. The van der Waals surface area contributed by atoms with Crippen LogP contribution >= 0.6 is 11.6 Å². The van der Waals surface area contributed by atoms with Crippen molar-refractivity contribution in [2.45, 2.75) is 31.8 Å². The molecule has 104 valence electrons. The summed E-state index contributed by atoms with van der Waals surface area (Å²) in [6.45, 7) is 1.01. The van der Waals surface area contributed by atoms with Crippen LogP contribution in [0.4, 0.5) is 0 Å². The van der Waals surface area contributed by atoms with E-state index in [9.17, 15) is 4.79 Å². The number of esters is 1. The molecule has 0 aliphatic heterocycles. The Balaban J connectivity index is 1.93. The van der Waals surface area contributed by atoms with E-state index in [1.165, 1.54) is 20.0 Å². The van der Waals surface area contributed by atoms with Crippen LogP contribution in [0.2, 0.25) is 5.02 Å². The maximum atomic E-state index is 11.0. The molecule has 1 saturated carbocycles. The Bertz CT molecular complexity index is 446. The summed E-state index contributed by atoms with van der Waals surface area (Å²) in [5, 5.41) is 3.99. The van der Waals surface area contributed by atoms with Gasteiger partial charge in [-0.15, -0.1) is 0 Å². The first-order chi connectivity index (χ1) is 9.20. The summed E-state index contributed by atoms with van der Waals surface area (Å²) in [7, 11) is 1.36. The normalized spacial score (nSPS) is 14.2. The molecule has 5 heteroatoms. The van der Waals surface area contributed by atoms with Crippen LogP contribution in [-0.4, -0.2) is 25.7 Å². The molecule has 1 aromatic carbocycles. The zero-order valence-electron chi connectivity index (χ0n) is 10.9. The van der Waals surface area contributed by atoms with E-state index in [1.807, 2.05) is 12.1 Å². The molecular formula is C14H18ClNO3. The molecule has 0 bridgehead atoms. The minimum atomic E-state index is -0.287. The van der Waals surface area contributed by atoms with Gasteiger partial charge in [0, 0.05) is 18.2 Å². The maximum absolute atomic E-state index is 11.0. The van der Waals surface area contributed by atoms with Crippen LogP contribution < -0.4 is 10.1 Å². The Morgan fingerprint density at radius 1 is 1.47 bits per heavy atom. The molecule has 1 N–H and O–H groups in total. The summed E-state index contributed by atoms with van der Waals surface area (Å²) >= 11 is 6.14. The van der Waals surface area contributed by atoms with Crippen molar-refractivity contribution in [3.63, 3.8) is 0 Å². The fraction of sp³-hybridized carbons (Fsp3) is 0.500. The number of methoxy groups -OCH3 is 1. The van der Waals surface area contributed by atoms with Crippen LogP contribution in [-0.2, 0) is 16.1 Å². The minimum Gasteiger partial charge on any atom is -0.491 e. The molecular weight excluding hydrogens is 266 g/mol. The quantitative estimate of drug-likeness (QED) is 0.781. The molecule has 0 aromatic heterocycles. The van der Waals surface area contributed by atoms with Crippen molar-refractivity contribution in [1.82, 2.24) is 5.32 Å². The van der Waals surface area contributed by atoms with Gasteiger partial charge in [-0.3, -0.25) is 4.79 Å². The Labute approximate surface area is 118 Å². The molecule has 0 atom stereocenters. The SMILES string of the molecule is COC(=O)CCOc1c(Cl)cccc1CNC1CC1. The van der Waals surface area contributed by atoms with Gasteiger partial charge in [0.25, 0.3) is 0 Å². The van der Waals surface area contributed by atoms with E-state index in [2.05, 4.69) is 10.1 Å². The highest BCUT2D eigenvalue weighted by atomic mass is 35.5. The maximum Gasteiger partial charge on any atom is 0.308 e. The van der Waals surface area contributed by atoms with Crippen molar-refractivity contribution >= 4 is 17.6 Å². The highest BCUT2D eigenvalue weighted by Gasteiger charge is 2.21. The van der Waals surface area contributed by atoms with Gasteiger partial charge in [0.1, 0.15) is 5.75 Å². The highest BCUT2D eigenvalue weighted by molar-refractivity contribution is 6.32. The second-order valence-electron chi connectivity index (χ2n) is 4.56. The lowest BCUT2D eigenvalue weighted by Gasteiger charge is -2.13. The Hall–Kier alpha value is -1.26. The topological polar surface area (TPSA) is 47.6 Å². The molecule has 1 fully saturated rings. The van der Waals surface area contributed by atoms with Crippen molar-refractivity contribution in [3.05, 3.63) is 28.8 Å². The van der Waals surface area contributed by atoms with Crippen molar-refractivity contribution in [3.8, 4) is 5.75 Å². The van der Waals surface area contributed by atoms with E-state index < -0.39 is 0 Å². The highest BCUT2D eigenvalue weighted by Crippen LogP contribution is 2.29. The van der Waals surface area contributed by atoms with Crippen molar-refractivity contribution in [2.24, 2.45) is 0 Å². The van der Waals surface area contributed by atoms with Gasteiger partial charge in [0.15, 0.2) is 0 Å². The Kier molecular flexibility index (Phi) is 5.05. The zero-order valence-corrected chi connectivity index (χ0v) is 11.7. The van der Waals surface area contributed by atoms with E-state index in [0.717, 1.165) is 12.1 Å². The van der Waals surface area contributed by atoms with Crippen LogP contribution in [0.25, 0.3) is 0 Å². The summed E-state index contributed by atoms with van der Waals surface area (Å²) in [6, 6.07) is 6.30. The third-order valence-corrected chi connectivity index (χ3v) is 3.28. The van der Waals surface area contributed by atoms with Gasteiger partial charge in [-0.1, -0.05) is 23.7 Å². The number of hydrogen-bond acceptors (Lipinski definition) is 4. The van der Waals surface area contributed by atoms with Gasteiger partial charge in [0.05, 0.1) is 25.2 Å². The monoisotopic (exact) mass is 283 g/mol. The first-order valence-corrected chi connectivity index (χ1v) is 6.79. The van der Waals surface area contributed by atoms with E-state index in [0.29, 0.717) is 16.8 Å². The van der Waals surface area contributed by atoms with Gasteiger partial charge in [-0.25, -0.2) is 0 Å². The minimum absolute atomic E-state index is 0.219. The van der Waals surface area contributed by atoms with Crippen molar-refractivity contribution < 1.29 is 14.3 Å². The van der Waals surface area contributed by atoms with Gasteiger partial charge in [-0.05, 0) is 18.9 Å². The van der Waals surface area contributed by atoms with E-state index >= 15 is 0 Å². The number of benzene rings is 1. The van der Waals surface area contributed by atoms with E-state index in [1.54, 1.807) is 6.07 Å². The lowest BCUT2D eigenvalue weighted by atomic mass is 10.2. The molecule has 0 unspecified atom stereocenters. The largest absolute Gasteiger partial charge is 0.491 e. The third kappa shape index (κ3) is 4.40. The molecule has 1 aliphatic rings. The molecule has 4 nitrogen and oxygen atoms in total. The van der Waals surface area contributed by atoms with Crippen LogP contribution in [0, 0.1) is 0 Å².